The number of benzene rings is 1. The molecule has 0 spiro atoms. The van der Waals surface area contributed by atoms with Crippen molar-refractivity contribution in [3.63, 3.8) is 0 Å². The number of ether oxygens (including phenoxy) is 1. The van der Waals surface area contributed by atoms with E-state index in [1.54, 1.807) is 0 Å². The van der Waals surface area contributed by atoms with Gasteiger partial charge < -0.3 is 4.74 Å². The van der Waals surface area contributed by atoms with Crippen molar-refractivity contribution in [3.05, 3.63) is 35.9 Å². The molecule has 0 atom stereocenters. The van der Waals surface area contributed by atoms with E-state index in [1.165, 1.54) is 0 Å². The number of rotatable bonds is 7. The molecule has 0 aliphatic rings. The van der Waals surface area contributed by atoms with E-state index in [0.717, 1.165) is 12.0 Å². The average Bonchev–Trinajstić information content (AvgIpc) is 2.26. The van der Waals surface area contributed by atoms with Crippen molar-refractivity contribution in [2.75, 3.05) is 6.61 Å². The lowest BCUT2D eigenvalue weighted by atomic mass is 10.2. The van der Waals surface area contributed by atoms with E-state index >= 15 is 0 Å². The lowest BCUT2D eigenvalue weighted by Crippen LogP contribution is -2.03. The third kappa shape index (κ3) is 5.33. The SMILES string of the molecule is CCCC(=O)CCOCc1ccccc1. The Kier molecular flexibility index (Phi) is 5.71. The second-order valence-corrected chi connectivity index (χ2v) is 3.58. The summed E-state index contributed by atoms with van der Waals surface area (Å²) < 4.78 is 5.42. The number of ketones is 1. The van der Waals surface area contributed by atoms with Gasteiger partial charge in [0.1, 0.15) is 5.78 Å². The first-order valence-electron chi connectivity index (χ1n) is 5.46. The Bertz CT molecular complexity index is 280. The van der Waals surface area contributed by atoms with Crippen molar-refractivity contribution in [3.8, 4) is 0 Å². The van der Waals surface area contributed by atoms with Gasteiger partial charge in [-0.05, 0) is 12.0 Å². The maximum Gasteiger partial charge on any atom is 0.135 e. The molecule has 0 N–H and O–H groups in total. The molecule has 0 radical (unpaired) electrons. The number of carbonyl (C=O) groups excluding carboxylic acids is 1. The van der Waals surface area contributed by atoms with Crippen LogP contribution in [0.1, 0.15) is 31.7 Å². The van der Waals surface area contributed by atoms with Crippen LogP contribution in [0, 0.1) is 0 Å². The third-order valence-electron chi connectivity index (χ3n) is 2.17. The summed E-state index contributed by atoms with van der Waals surface area (Å²) >= 11 is 0. The molecule has 1 rings (SSSR count). The van der Waals surface area contributed by atoms with Gasteiger partial charge in [0.2, 0.25) is 0 Å². The van der Waals surface area contributed by atoms with Crippen LogP contribution in [0.25, 0.3) is 0 Å². The Labute approximate surface area is 91.3 Å². The monoisotopic (exact) mass is 206 g/mol. The summed E-state index contributed by atoms with van der Waals surface area (Å²) in [7, 11) is 0. The lowest BCUT2D eigenvalue weighted by Gasteiger charge is -2.03. The highest BCUT2D eigenvalue weighted by Crippen LogP contribution is 2.01. The fraction of sp³-hybridized carbons (Fsp3) is 0.462. The molecule has 2 nitrogen and oxygen atoms in total. The predicted molar refractivity (Wildman–Crippen MR) is 60.6 cm³/mol. The fourth-order valence-corrected chi connectivity index (χ4v) is 1.35. The zero-order chi connectivity index (χ0) is 10.9. The van der Waals surface area contributed by atoms with Gasteiger partial charge in [-0.2, -0.15) is 0 Å². The minimum absolute atomic E-state index is 0.297. The fourth-order valence-electron chi connectivity index (χ4n) is 1.35. The highest BCUT2D eigenvalue weighted by molar-refractivity contribution is 5.78. The van der Waals surface area contributed by atoms with Gasteiger partial charge in [-0.1, -0.05) is 37.3 Å². The van der Waals surface area contributed by atoms with Crippen LogP contribution >= 0.6 is 0 Å². The molecule has 0 amide bonds. The Hall–Kier alpha value is -1.15. The quantitative estimate of drug-likeness (QED) is 0.641. The first-order chi connectivity index (χ1) is 7.33. The minimum atomic E-state index is 0.297. The van der Waals surface area contributed by atoms with Crippen molar-refractivity contribution in [2.24, 2.45) is 0 Å². The Balaban J connectivity index is 2.10. The first-order valence-corrected chi connectivity index (χ1v) is 5.46. The summed E-state index contributed by atoms with van der Waals surface area (Å²) in [6.45, 7) is 3.15. The molecule has 1 aromatic rings. The van der Waals surface area contributed by atoms with Crippen LogP contribution in [0.3, 0.4) is 0 Å². The lowest BCUT2D eigenvalue weighted by molar-refractivity contribution is -0.120. The first kappa shape index (κ1) is 11.9. The molecule has 0 aliphatic carbocycles. The molecule has 0 saturated carbocycles. The number of carbonyl (C=O) groups is 1. The largest absolute Gasteiger partial charge is 0.376 e. The van der Waals surface area contributed by atoms with Crippen LogP contribution in [0.2, 0.25) is 0 Å². The summed E-state index contributed by atoms with van der Waals surface area (Å²) in [5, 5.41) is 0. The zero-order valence-electron chi connectivity index (χ0n) is 9.24. The van der Waals surface area contributed by atoms with Crippen molar-refractivity contribution in [1.82, 2.24) is 0 Å². The Morgan fingerprint density at radius 2 is 1.93 bits per heavy atom. The molecule has 0 aromatic heterocycles. The minimum Gasteiger partial charge on any atom is -0.376 e. The normalized spacial score (nSPS) is 10.2. The smallest absolute Gasteiger partial charge is 0.135 e. The van der Waals surface area contributed by atoms with E-state index in [4.69, 9.17) is 4.74 Å². The van der Waals surface area contributed by atoms with Gasteiger partial charge in [0, 0.05) is 12.8 Å². The molecular formula is C13H18O2. The summed E-state index contributed by atoms with van der Waals surface area (Å²) in [6.07, 6.45) is 2.15. The molecule has 0 heterocycles. The van der Waals surface area contributed by atoms with Crippen LogP contribution in [-0.2, 0) is 16.1 Å². The molecule has 0 unspecified atom stereocenters. The van der Waals surface area contributed by atoms with Gasteiger partial charge in [-0.15, -0.1) is 0 Å². The van der Waals surface area contributed by atoms with E-state index in [-0.39, 0.29) is 0 Å². The van der Waals surface area contributed by atoms with Gasteiger partial charge in [0.15, 0.2) is 0 Å². The van der Waals surface area contributed by atoms with Gasteiger partial charge in [0.25, 0.3) is 0 Å². The number of hydrogen-bond acceptors (Lipinski definition) is 2. The second kappa shape index (κ2) is 7.18. The molecule has 2 heteroatoms. The van der Waals surface area contributed by atoms with E-state index in [2.05, 4.69) is 0 Å². The van der Waals surface area contributed by atoms with Gasteiger partial charge >= 0.3 is 0 Å². The second-order valence-electron chi connectivity index (χ2n) is 3.58. The molecule has 0 bridgehead atoms. The van der Waals surface area contributed by atoms with Crippen LogP contribution < -0.4 is 0 Å². The van der Waals surface area contributed by atoms with Gasteiger partial charge in [0.05, 0.1) is 13.2 Å². The maximum atomic E-state index is 11.2. The molecule has 0 aliphatic heterocycles. The van der Waals surface area contributed by atoms with Crippen molar-refractivity contribution in [2.45, 2.75) is 32.8 Å². The maximum absolute atomic E-state index is 11.2. The molecule has 1 aromatic carbocycles. The molecular weight excluding hydrogens is 188 g/mol. The Morgan fingerprint density at radius 1 is 1.20 bits per heavy atom. The summed E-state index contributed by atoms with van der Waals surface area (Å²) in [4.78, 5) is 11.2. The highest BCUT2D eigenvalue weighted by Gasteiger charge is 1.99. The number of Topliss-reactive ketones (excluding diaryl/α,β-unsaturated/α-hetero) is 1. The number of hydrogen-bond donors (Lipinski definition) is 0. The predicted octanol–water partition coefficient (Wildman–Crippen LogP) is 2.96. The third-order valence-corrected chi connectivity index (χ3v) is 2.17. The molecule has 0 fully saturated rings. The van der Waals surface area contributed by atoms with Crippen LogP contribution in [-0.4, -0.2) is 12.4 Å². The van der Waals surface area contributed by atoms with Crippen LogP contribution in [0.4, 0.5) is 0 Å². The van der Waals surface area contributed by atoms with E-state index in [1.807, 2.05) is 37.3 Å². The highest BCUT2D eigenvalue weighted by atomic mass is 16.5. The molecule has 82 valence electrons. The molecule has 0 saturated heterocycles. The molecule has 15 heavy (non-hydrogen) atoms. The van der Waals surface area contributed by atoms with E-state index in [0.29, 0.717) is 31.8 Å². The summed E-state index contributed by atoms with van der Waals surface area (Å²) in [5.74, 6) is 0.297. The average molecular weight is 206 g/mol. The summed E-state index contributed by atoms with van der Waals surface area (Å²) in [5.41, 5.74) is 1.15. The topological polar surface area (TPSA) is 26.3 Å². The van der Waals surface area contributed by atoms with Crippen molar-refractivity contribution in [1.29, 1.82) is 0 Å². The van der Waals surface area contributed by atoms with Crippen molar-refractivity contribution < 1.29 is 9.53 Å². The Morgan fingerprint density at radius 3 is 2.60 bits per heavy atom. The van der Waals surface area contributed by atoms with Crippen LogP contribution in [0.15, 0.2) is 30.3 Å². The van der Waals surface area contributed by atoms with Crippen LogP contribution in [0.5, 0.6) is 0 Å². The standard InChI is InChI=1S/C13H18O2/c1-2-6-13(14)9-10-15-11-12-7-4-3-5-8-12/h3-5,7-8H,2,6,9-11H2,1H3. The zero-order valence-corrected chi connectivity index (χ0v) is 9.24. The van der Waals surface area contributed by atoms with E-state index in [9.17, 15) is 4.79 Å². The van der Waals surface area contributed by atoms with E-state index < -0.39 is 0 Å². The van der Waals surface area contributed by atoms with Gasteiger partial charge in [-0.25, -0.2) is 0 Å². The van der Waals surface area contributed by atoms with Crippen molar-refractivity contribution >= 4 is 5.78 Å². The van der Waals surface area contributed by atoms with Gasteiger partial charge in [-0.3, -0.25) is 4.79 Å². The summed E-state index contributed by atoms with van der Waals surface area (Å²) in [6, 6.07) is 10.00.